The third-order valence-electron chi connectivity index (χ3n) is 2.31. The number of hydrogen-bond acceptors (Lipinski definition) is 4. The molecule has 0 unspecified atom stereocenters. The Bertz CT molecular complexity index is 496. The van der Waals surface area contributed by atoms with Crippen molar-refractivity contribution in [2.24, 2.45) is 5.73 Å². The first kappa shape index (κ1) is 9.86. The lowest BCUT2D eigenvalue weighted by molar-refractivity contribution is 0.419. The monoisotopic (exact) mass is 203 g/mol. The highest BCUT2D eigenvalue weighted by atomic mass is 16.5. The Hall–Kier alpha value is -1.68. The summed E-state index contributed by atoms with van der Waals surface area (Å²) in [4.78, 5) is 8.66. The summed E-state index contributed by atoms with van der Waals surface area (Å²) in [5, 5.41) is 0.956. The van der Waals surface area contributed by atoms with E-state index >= 15 is 0 Å². The molecule has 78 valence electrons. The van der Waals surface area contributed by atoms with Gasteiger partial charge in [-0.2, -0.15) is 0 Å². The van der Waals surface area contributed by atoms with Gasteiger partial charge < -0.3 is 10.5 Å². The summed E-state index contributed by atoms with van der Waals surface area (Å²) < 4.78 is 5.27. The maximum Gasteiger partial charge on any atom is 0.142 e. The van der Waals surface area contributed by atoms with E-state index in [2.05, 4.69) is 9.97 Å². The zero-order valence-corrected chi connectivity index (χ0v) is 8.82. The van der Waals surface area contributed by atoms with E-state index in [4.69, 9.17) is 10.5 Å². The normalized spacial score (nSPS) is 10.6. The molecule has 0 atom stereocenters. The second-order valence-corrected chi connectivity index (χ2v) is 3.28. The smallest absolute Gasteiger partial charge is 0.142 e. The van der Waals surface area contributed by atoms with Crippen molar-refractivity contribution in [1.82, 2.24) is 9.97 Å². The molecule has 1 heterocycles. The minimum Gasteiger partial charge on any atom is -0.496 e. The summed E-state index contributed by atoms with van der Waals surface area (Å²) in [7, 11) is 1.64. The average Bonchev–Trinajstić information content (AvgIpc) is 2.27. The maximum absolute atomic E-state index is 5.52. The summed E-state index contributed by atoms with van der Waals surface area (Å²) in [5.41, 5.74) is 7.30. The zero-order chi connectivity index (χ0) is 10.8. The van der Waals surface area contributed by atoms with Crippen LogP contribution < -0.4 is 10.5 Å². The third-order valence-corrected chi connectivity index (χ3v) is 2.31. The maximum atomic E-state index is 5.52. The van der Waals surface area contributed by atoms with Crippen LogP contribution in [0.3, 0.4) is 0 Å². The van der Waals surface area contributed by atoms with Gasteiger partial charge in [-0.1, -0.05) is 6.07 Å². The molecule has 2 rings (SSSR count). The predicted octanol–water partition coefficient (Wildman–Crippen LogP) is 1.41. The molecule has 2 N–H and O–H groups in total. The number of rotatable bonds is 2. The Kier molecular flexibility index (Phi) is 2.51. The van der Waals surface area contributed by atoms with E-state index < -0.39 is 0 Å². The van der Waals surface area contributed by atoms with Crippen LogP contribution in [-0.2, 0) is 6.54 Å². The molecule has 4 heteroatoms. The van der Waals surface area contributed by atoms with Crippen molar-refractivity contribution in [3.63, 3.8) is 0 Å². The zero-order valence-electron chi connectivity index (χ0n) is 8.82. The lowest BCUT2D eigenvalue weighted by Crippen LogP contribution is -2.05. The third kappa shape index (κ3) is 1.64. The van der Waals surface area contributed by atoms with Crippen LogP contribution in [0.25, 0.3) is 10.9 Å². The fraction of sp³-hybridized carbons (Fsp3) is 0.273. The van der Waals surface area contributed by atoms with Gasteiger partial charge in [-0.3, -0.25) is 0 Å². The number of fused-ring (bicyclic) bond motifs is 1. The number of hydrogen-bond donors (Lipinski definition) is 1. The second kappa shape index (κ2) is 3.82. The summed E-state index contributed by atoms with van der Waals surface area (Å²) in [6, 6.07) is 5.75. The molecule has 0 radical (unpaired) electrons. The highest BCUT2D eigenvalue weighted by Gasteiger charge is 2.07. The summed E-state index contributed by atoms with van der Waals surface area (Å²) in [5.74, 6) is 1.46. The van der Waals surface area contributed by atoms with Gasteiger partial charge in [0.25, 0.3) is 0 Å². The molecule has 0 fully saturated rings. The van der Waals surface area contributed by atoms with E-state index in [0.717, 1.165) is 22.3 Å². The first-order valence-corrected chi connectivity index (χ1v) is 4.76. The Morgan fingerprint density at radius 2 is 2.13 bits per heavy atom. The van der Waals surface area contributed by atoms with E-state index in [0.29, 0.717) is 12.4 Å². The van der Waals surface area contributed by atoms with Crippen LogP contribution in [0.4, 0.5) is 0 Å². The Balaban J connectivity index is 2.78. The number of methoxy groups -OCH3 is 1. The van der Waals surface area contributed by atoms with Gasteiger partial charge in [0.15, 0.2) is 0 Å². The number of aromatic nitrogens is 2. The molecule has 0 saturated heterocycles. The molecule has 0 spiro atoms. The lowest BCUT2D eigenvalue weighted by atomic mass is 10.1. The molecule has 0 saturated carbocycles. The summed E-state index contributed by atoms with van der Waals surface area (Å²) in [6.07, 6.45) is 0. The molecule has 0 aliphatic heterocycles. The van der Waals surface area contributed by atoms with Gasteiger partial charge in [0, 0.05) is 0 Å². The van der Waals surface area contributed by atoms with E-state index in [-0.39, 0.29) is 0 Å². The molecule has 0 amide bonds. The van der Waals surface area contributed by atoms with Gasteiger partial charge in [-0.25, -0.2) is 9.97 Å². The van der Waals surface area contributed by atoms with Crippen molar-refractivity contribution in [2.75, 3.05) is 7.11 Å². The topological polar surface area (TPSA) is 61.0 Å². The van der Waals surface area contributed by atoms with Crippen molar-refractivity contribution in [1.29, 1.82) is 0 Å². The highest BCUT2D eigenvalue weighted by Crippen LogP contribution is 2.26. The molecule has 0 bridgehead atoms. The molecular formula is C11H13N3O. The molecule has 1 aromatic heterocycles. The van der Waals surface area contributed by atoms with Gasteiger partial charge in [0.2, 0.25) is 0 Å². The van der Waals surface area contributed by atoms with Crippen LogP contribution in [0.2, 0.25) is 0 Å². The van der Waals surface area contributed by atoms with Crippen LogP contribution >= 0.6 is 0 Å². The lowest BCUT2D eigenvalue weighted by Gasteiger charge is -2.08. The minimum atomic E-state index is 0.355. The molecule has 15 heavy (non-hydrogen) atoms. The van der Waals surface area contributed by atoms with Crippen molar-refractivity contribution in [3.8, 4) is 5.75 Å². The SMILES string of the molecule is COc1cccc2nc(CN)nc(C)c12. The molecule has 1 aromatic carbocycles. The molecule has 4 nitrogen and oxygen atoms in total. The summed E-state index contributed by atoms with van der Waals surface area (Å²) in [6.45, 7) is 2.29. The van der Waals surface area contributed by atoms with Crippen molar-refractivity contribution in [3.05, 3.63) is 29.7 Å². The standard InChI is InChI=1S/C11H13N3O/c1-7-11-8(14-10(6-12)13-7)4-3-5-9(11)15-2/h3-5H,6,12H2,1-2H3. The number of nitrogens with two attached hydrogens (primary N) is 1. The molecule has 0 aliphatic carbocycles. The Labute approximate surface area is 88.1 Å². The number of nitrogens with zero attached hydrogens (tertiary/aromatic N) is 2. The Morgan fingerprint density at radius 1 is 1.33 bits per heavy atom. The first-order valence-electron chi connectivity index (χ1n) is 4.76. The van der Waals surface area contributed by atoms with Crippen LogP contribution in [0.5, 0.6) is 5.75 Å². The van der Waals surface area contributed by atoms with Crippen LogP contribution in [0.1, 0.15) is 11.5 Å². The first-order chi connectivity index (χ1) is 7.26. The Morgan fingerprint density at radius 3 is 2.80 bits per heavy atom. The number of aryl methyl sites for hydroxylation is 1. The summed E-state index contributed by atoms with van der Waals surface area (Å²) >= 11 is 0. The van der Waals surface area contributed by atoms with Crippen LogP contribution in [0, 0.1) is 6.92 Å². The number of ether oxygens (including phenoxy) is 1. The van der Waals surface area contributed by atoms with E-state index in [1.54, 1.807) is 7.11 Å². The van der Waals surface area contributed by atoms with Crippen molar-refractivity contribution < 1.29 is 4.74 Å². The predicted molar refractivity (Wildman–Crippen MR) is 58.7 cm³/mol. The minimum absolute atomic E-state index is 0.355. The van der Waals surface area contributed by atoms with Gasteiger partial charge in [-0.05, 0) is 19.1 Å². The fourth-order valence-corrected chi connectivity index (χ4v) is 1.65. The molecule has 2 aromatic rings. The quantitative estimate of drug-likeness (QED) is 0.801. The molecule has 0 aliphatic rings. The van der Waals surface area contributed by atoms with Gasteiger partial charge in [-0.15, -0.1) is 0 Å². The second-order valence-electron chi connectivity index (χ2n) is 3.28. The molecular weight excluding hydrogens is 190 g/mol. The van der Waals surface area contributed by atoms with Gasteiger partial charge >= 0.3 is 0 Å². The van der Waals surface area contributed by atoms with Crippen LogP contribution in [0.15, 0.2) is 18.2 Å². The highest BCUT2D eigenvalue weighted by molar-refractivity contribution is 5.87. The largest absolute Gasteiger partial charge is 0.496 e. The van der Waals surface area contributed by atoms with Crippen molar-refractivity contribution in [2.45, 2.75) is 13.5 Å². The van der Waals surface area contributed by atoms with Crippen molar-refractivity contribution >= 4 is 10.9 Å². The fourth-order valence-electron chi connectivity index (χ4n) is 1.65. The van der Waals surface area contributed by atoms with Crippen LogP contribution in [-0.4, -0.2) is 17.1 Å². The number of benzene rings is 1. The average molecular weight is 203 g/mol. The van der Waals surface area contributed by atoms with E-state index in [1.165, 1.54) is 0 Å². The van der Waals surface area contributed by atoms with E-state index in [9.17, 15) is 0 Å². The van der Waals surface area contributed by atoms with Gasteiger partial charge in [0.05, 0.1) is 30.3 Å². The van der Waals surface area contributed by atoms with E-state index in [1.807, 2.05) is 25.1 Å². The van der Waals surface area contributed by atoms with Gasteiger partial charge in [0.1, 0.15) is 11.6 Å².